The summed E-state index contributed by atoms with van der Waals surface area (Å²) in [7, 11) is 0. The number of imidazole rings is 1. The van der Waals surface area contributed by atoms with Gasteiger partial charge in [-0.05, 0) is 48.9 Å². The number of rotatable bonds is 7. The molecule has 2 amide bonds. The molecule has 0 unspecified atom stereocenters. The second-order valence-electron chi connectivity index (χ2n) is 7.57. The summed E-state index contributed by atoms with van der Waals surface area (Å²) in [6, 6.07) is 20.3. The number of para-hydroxylation sites is 2. The number of urea groups is 1. The Morgan fingerprint density at radius 1 is 1.03 bits per heavy atom. The van der Waals surface area contributed by atoms with Crippen LogP contribution in [0.4, 0.5) is 14.9 Å². The van der Waals surface area contributed by atoms with Crippen LogP contribution < -0.4 is 5.32 Å². The smallest absolute Gasteiger partial charge is 0.322 e. The maximum Gasteiger partial charge on any atom is 0.322 e. The van der Waals surface area contributed by atoms with Gasteiger partial charge in [0.15, 0.2) is 5.78 Å². The number of amides is 2. The average molecular weight is 430 g/mol. The molecule has 2 N–H and O–H groups in total. The van der Waals surface area contributed by atoms with E-state index in [4.69, 9.17) is 0 Å². The number of halogens is 1. The second kappa shape index (κ2) is 9.43. The van der Waals surface area contributed by atoms with Crippen molar-refractivity contribution in [1.29, 1.82) is 0 Å². The lowest BCUT2D eigenvalue weighted by molar-refractivity contribution is 0.101. The Morgan fingerprint density at radius 3 is 2.56 bits per heavy atom. The molecule has 0 radical (unpaired) electrons. The van der Waals surface area contributed by atoms with Crippen LogP contribution in [0.1, 0.15) is 28.7 Å². The number of nitrogens with zero attached hydrogens (tertiary/aromatic N) is 2. The van der Waals surface area contributed by atoms with E-state index < -0.39 is 0 Å². The van der Waals surface area contributed by atoms with Gasteiger partial charge in [0.05, 0.1) is 11.0 Å². The van der Waals surface area contributed by atoms with Crippen molar-refractivity contribution in [2.24, 2.45) is 0 Å². The van der Waals surface area contributed by atoms with Crippen LogP contribution in [-0.2, 0) is 13.0 Å². The summed E-state index contributed by atoms with van der Waals surface area (Å²) >= 11 is 0. The molecular weight excluding hydrogens is 407 g/mol. The monoisotopic (exact) mass is 430 g/mol. The lowest BCUT2D eigenvalue weighted by Gasteiger charge is -2.23. The van der Waals surface area contributed by atoms with E-state index in [0.29, 0.717) is 30.8 Å². The third kappa shape index (κ3) is 5.18. The van der Waals surface area contributed by atoms with Crippen LogP contribution in [0.2, 0.25) is 0 Å². The van der Waals surface area contributed by atoms with Gasteiger partial charge in [-0.3, -0.25) is 4.79 Å². The minimum atomic E-state index is -0.326. The van der Waals surface area contributed by atoms with Gasteiger partial charge in [-0.25, -0.2) is 14.2 Å². The molecule has 3 aromatic carbocycles. The van der Waals surface area contributed by atoms with Crippen LogP contribution in [0.5, 0.6) is 0 Å². The summed E-state index contributed by atoms with van der Waals surface area (Å²) in [5.41, 5.74) is 3.69. The van der Waals surface area contributed by atoms with Gasteiger partial charge in [0.2, 0.25) is 0 Å². The van der Waals surface area contributed by atoms with Crippen LogP contribution in [0.25, 0.3) is 11.0 Å². The molecule has 6 nitrogen and oxygen atoms in total. The second-order valence-corrected chi connectivity index (χ2v) is 7.57. The predicted molar refractivity (Wildman–Crippen MR) is 122 cm³/mol. The molecule has 0 aliphatic heterocycles. The van der Waals surface area contributed by atoms with Gasteiger partial charge < -0.3 is 15.2 Å². The van der Waals surface area contributed by atoms with E-state index in [-0.39, 0.29) is 17.6 Å². The Bertz CT molecular complexity index is 1220. The van der Waals surface area contributed by atoms with Gasteiger partial charge >= 0.3 is 6.03 Å². The van der Waals surface area contributed by atoms with Crippen molar-refractivity contribution in [3.63, 3.8) is 0 Å². The molecule has 0 aliphatic carbocycles. The fourth-order valence-corrected chi connectivity index (χ4v) is 3.45. The molecule has 0 atom stereocenters. The highest BCUT2D eigenvalue weighted by Gasteiger charge is 2.16. The van der Waals surface area contributed by atoms with Gasteiger partial charge in [0.1, 0.15) is 11.6 Å². The number of anilines is 1. The molecule has 0 bridgehead atoms. The lowest BCUT2D eigenvalue weighted by Crippen LogP contribution is -2.36. The molecule has 32 heavy (non-hydrogen) atoms. The number of hydrogen-bond donors (Lipinski definition) is 2. The number of nitrogens with one attached hydrogen (secondary N) is 2. The van der Waals surface area contributed by atoms with E-state index in [1.807, 2.05) is 24.3 Å². The highest BCUT2D eigenvalue weighted by atomic mass is 19.1. The van der Waals surface area contributed by atoms with Crippen LogP contribution in [0.15, 0.2) is 72.8 Å². The first kappa shape index (κ1) is 21.2. The third-order valence-corrected chi connectivity index (χ3v) is 5.15. The number of carbonyl (C=O) groups is 2. The zero-order valence-electron chi connectivity index (χ0n) is 17.6. The van der Waals surface area contributed by atoms with Gasteiger partial charge in [0, 0.05) is 30.8 Å². The van der Waals surface area contributed by atoms with Crippen molar-refractivity contribution >= 4 is 28.5 Å². The summed E-state index contributed by atoms with van der Waals surface area (Å²) in [5, 5.41) is 2.86. The topological polar surface area (TPSA) is 78.1 Å². The summed E-state index contributed by atoms with van der Waals surface area (Å²) in [6.07, 6.45) is 0.525. The number of benzene rings is 3. The minimum Gasteiger partial charge on any atom is -0.342 e. The number of hydrogen-bond acceptors (Lipinski definition) is 3. The van der Waals surface area contributed by atoms with E-state index in [2.05, 4.69) is 15.3 Å². The number of Topliss-reactive ketones (excluding diaryl/α,β-unsaturated/α-hetero) is 1. The SMILES string of the molecule is CC(=O)c1cccc(NC(=O)N(CCc2nc3ccccc3[nH]2)Cc2ccc(F)cc2)c1. The van der Waals surface area contributed by atoms with E-state index in [1.165, 1.54) is 19.1 Å². The van der Waals surface area contributed by atoms with Crippen molar-refractivity contribution in [3.05, 3.63) is 95.6 Å². The molecule has 0 saturated carbocycles. The zero-order chi connectivity index (χ0) is 22.5. The van der Waals surface area contributed by atoms with Crippen molar-refractivity contribution in [1.82, 2.24) is 14.9 Å². The maximum atomic E-state index is 13.3. The van der Waals surface area contributed by atoms with E-state index in [0.717, 1.165) is 22.4 Å². The van der Waals surface area contributed by atoms with Gasteiger partial charge in [0.25, 0.3) is 0 Å². The molecule has 1 heterocycles. The number of carbonyl (C=O) groups excluding carboxylic acids is 2. The van der Waals surface area contributed by atoms with Crippen LogP contribution in [0.3, 0.4) is 0 Å². The first-order valence-corrected chi connectivity index (χ1v) is 10.3. The number of H-pyrrole nitrogens is 1. The number of fused-ring (bicyclic) bond motifs is 1. The molecule has 7 heteroatoms. The van der Waals surface area contributed by atoms with Crippen molar-refractivity contribution in [2.75, 3.05) is 11.9 Å². The number of aromatic nitrogens is 2. The normalized spacial score (nSPS) is 10.8. The Kier molecular flexibility index (Phi) is 6.26. The van der Waals surface area contributed by atoms with E-state index in [1.54, 1.807) is 41.3 Å². The Balaban J connectivity index is 1.51. The lowest BCUT2D eigenvalue weighted by atomic mass is 10.1. The molecule has 0 aliphatic rings. The van der Waals surface area contributed by atoms with Crippen LogP contribution >= 0.6 is 0 Å². The summed E-state index contributed by atoms with van der Waals surface area (Å²) < 4.78 is 13.3. The van der Waals surface area contributed by atoms with Gasteiger partial charge in [-0.15, -0.1) is 0 Å². The Morgan fingerprint density at radius 2 is 1.81 bits per heavy atom. The largest absolute Gasteiger partial charge is 0.342 e. The predicted octanol–water partition coefficient (Wildman–Crippen LogP) is 5.18. The van der Waals surface area contributed by atoms with Crippen LogP contribution in [-0.4, -0.2) is 33.2 Å². The molecular formula is C25H23FN4O2. The molecule has 4 rings (SSSR count). The highest BCUT2D eigenvalue weighted by Crippen LogP contribution is 2.15. The summed E-state index contributed by atoms with van der Waals surface area (Å²) in [6.45, 7) is 2.18. The first-order valence-electron chi connectivity index (χ1n) is 10.3. The number of aromatic amines is 1. The van der Waals surface area contributed by atoms with E-state index in [9.17, 15) is 14.0 Å². The first-order chi connectivity index (χ1) is 15.5. The molecule has 0 spiro atoms. The third-order valence-electron chi connectivity index (χ3n) is 5.15. The molecule has 4 aromatic rings. The molecule has 162 valence electrons. The standard InChI is InChI=1S/C25H23FN4O2/c1-17(31)19-5-4-6-21(15-19)27-25(32)30(16-18-9-11-20(26)12-10-18)14-13-24-28-22-7-2-3-8-23(22)29-24/h2-12,15H,13-14,16H2,1H3,(H,27,32)(H,28,29). The molecule has 1 aromatic heterocycles. The van der Waals surface area contributed by atoms with Crippen molar-refractivity contribution in [3.8, 4) is 0 Å². The Hall–Kier alpha value is -4.00. The maximum absolute atomic E-state index is 13.3. The molecule has 0 saturated heterocycles. The zero-order valence-corrected chi connectivity index (χ0v) is 17.6. The highest BCUT2D eigenvalue weighted by molar-refractivity contribution is 5.96. The minimum absolute atomic E-state index is 0.0749. The quantitative estimate of drug-likeness (QED) is 0.397. The number of ketones is 1. The molecule has 0 fully saturated rings. The fourth-order valence-electron chi connectivity index (χ4n) is 3.45. The van der Waals surface area contributed by atoms with Gasteiger partial charge in [-0.1, -0.05) is 36.4 Å². The van der Waals surface area contributed by atoms with Crippen molar-refractivity contribution < 1.29 is 14.0 Å². The summed E-state index contributed by atoms with van der Waals surface area (Å²) in [5.74, 6) is 0.379. The van der Waals surface area contributed by atoms with Crippen LogP contribution in [0, 0.1) is 5.82 Å². The van der Waals surface area contributed by atoms with Crippen molar-refractivity contribution in [2.45, 2.75) is 19.9 Å². The average Bonchev–Trinajstić information content (AvgIpc) is 3.21. The Labute approximate surface area is 185 Å². The van der Waals surface area contributed by atoms with Gasteiger partial charge in [-0.2, -0.15) is 0 Å². The van der Waals surface area contributed by atoms with E-state index >= 15 is 0 Å². The summed E-state index contributed by atoms with van der Waals surface area (Å²) in [4.78, 5) is 34.2. The fraction of sp³-hybridized carbons (Fsp3) is 0.160.